The number of hydrogen-bond acceptors (Lipinski definition) is 2. The average Bonchev–Trinajstić information content (AvgIpc) is 0.918. The molecule has 0 aliphatic rings. The van der Waals surface area contributed by atoms with Crippen LogP contribution in [0, 0.1) is 0 Å². The molecule has 4 heavy (non-hydrogen) atoms. The van der Waals surface area contributed by atoms with Crippen LogP contribution < -0.4 is 0 Å². The molecule has 2 N–H and O–H groups in total. The first-order chi connectivity index (χ1) is 1.41. The number of rotatable bonds is 0. The van der Waals surface area contributed by atoms with E-state index in [-0.39, 0.29) is 17.4 Å². The highest BCUT2D eigenvalue weighted by atomic mass is 27.2. The molecular formula is H6Al2O2. The standard InChI is InChI=1S/2Al.2H2O.4H/h;;2*1H2;;;;/q;+2;;;;;;/p-2. The summed E-state index contributed by atoms with van der Waals surface area (Å²) in [5.74, 6) is 0. The molecule has 0 rings (SSSR count). The van der Waals surface area contributed by atoms with E-state index in [0.29, 0.717) is 0 Å². The molecular weight excluding hydrogens is 86.0 g/mol. The normalized spacial score (nSPS) is 3.50. The van der Waals surface area contributed by atoms with Gasteiger partial charge in [0.1, 0.15) is 0 Å². The van der Waals surface area contributed by atoms with E-state index < -0.39 is 15.9 Å². The van der Waals surface area contributed by atoms with Crippen molar-refractivity contribution < 1.29 is 8.32 Å². The van der Waals surface area contributed by atoms with E-state index >= 15 is 0 Å². The molecule has 2 nitrogen and oxygen atoms in total. The van der Waals surface area contributed by atoms with Gasteiger partial charge >= 0.3 is 15.9 Å². The van der Waals surface area contributed by atoms with Gasteiger partial charge in [-0.25, -0.2) is 0 Å². The van der Waals surface area contributed by atoms with Crippen molar-refractivity contribution in [2.75, 3.05) is 0 Å². The molecule has 0 amide bonds. The van der Waals surface area contributed by atoms with E-state index in [2.05, 4.69) is 0 Å². The summed E-state index contributed by atoms with van der Waals surface area (Å²) in [6.07, 6.45) is 0. The third-order valence-electron chi connectivity index (χ3n) is 0. The molecule has 0 spiro atoms. The predicted molar refractivity (Wildman–Crippen MR) is 21.5 cm³/mol. The van der Waals surface area contributed by atoms with Crippen LogP contribution in [-0.4, -0.2) is 41.6 Å². The molecule has 0 heterocycles. The monoisotopic (exact) mass is 92.0 g/mol. The van der Waals surface area contributed by atoms with Crippen LogP contribution in [0.25, 0.3) is 0 Å². The zero-order chi connectivity index (χ0) is 2.71. The van der Waals surface area contributed by atoms with Crippen molar-refractivity contribution in [2.45, 2.75) is 0 Å². The second-order valence-corrected chi connectivity index (χ2v) is 0.424. The van der Waals surface area contributed by atoms with E-state index in [0.717, 1.165) is 0 Å². The highest BCUT2D eigenvalue weighted by Crippen LogP contribution is 1.08. The van der Waals surface area contributed by atoms with Gasteiger partial charge in [-0.2, -0.15) is 0 Å². The van der Waals surface area contributed by atoms with Gasteiger partial charge < -0.3 is 8.32 Å². The molecule has 0 radical (unpaired) electrons. The Balaban J connectivity index is 0. The molecule has 0 aliphatic carbocycles. The first-order valence-corrected chi connectivity index (χ1v) is 1.90. The van der Waals surface area contributed by atoms with Gasteiger partial charge in [0.05, 0.1) is 0 Å². The largest absolute Gasteiger partial charge is 0.644 e. The minimum Gasteiger partial charge on any atom is -0.496 e. The van der Waals surface area contributed by atoms with Crippen LogP contribution in [0.5, 0.6) is 0 Å². The Kier molecular flexibility index (Phi) is 20.0. The fourth-order valence-electron chi connectivity index (χ4n) is 0. The van der Waals surface area contributed by atoms with Crippen LogP contribution in [0.15, 0.2) is 0 Å². The molecule has 0 saturated heterocycles. The Morgan fingerprint density at radius 3 is 1.25 bits per heavy atom. The van der Waals surface area contributed by atoms with Gasteiger partial charge in [0, 0.05) is 0 Å². The lowest BCUT2D eigenvalue weighted by Crippen LogP contribution is -1.75. The molecule has 0 bridgehead atoms. The Labute approximate surface area is 42.0 Å². The molecule has 0 saturated carbocycles. The summed E-state index contributed by atoms with van der Waals surface area (Å²) in [4.78, 5) is 0. The molecule has 4 heteroatoms. The summed E-state index contributed by atoms with van der Waals surface area (Å²) in [5.41, 5.74) is 0. The van der Waals surface area contributed by atoms with Gasteiger partial charge in [0.25, 0.3) is 0 Å². The molecule has 0 atom stereocenters. The fraction of sp³-hybridized carbons (Fsp3) is 0. The highest BCUT2D eigenvalue weighted by molar-refractivity contribution is 6.13. The first-order valence-electron chi connectivity index (χ1n) is 0.632. The maximum atomic E-state index is 7.26. The maximum Gasteiger partial charge on any atom is 0.644 e. The third-order valence-corrected chi connectivity index (χ3v) is 0. The van der Waals surface area contributed by atoms with Crippen molar-refractivity contribution >= 4 is 33.2 Å². The molecule has 0 aliphatic heterocycles. The van der Waals surface area contributed by atoms with Crippen LogP contribution in [0.4, 0.5) is 0 Å². The third kappa shape index (κ3) is 12.1. The van der Waals surface area contributed by atoms with E-state index in [4.69, 9.17) is 8.32 Å². The quantitative estimate of drug-likeness (QED) is 0.314. The SMILES string of the molecule is [AlH3].[OH][AlH][OH]. The lowest BCUT2D eigenvalue weighted by molar-refractivity contribution is 0.448. The summed E-state index contributed by atoms with van der Waals surface area (Å²) in [6.45, 7) is 0. The lowest BCUT2D eigenvalue weighted by atomic mass is 15.8. The van der Waals surface area contributed by atoms with Crippen molar-refractivity contribution in [3.63, 3.8) is 0 Å². The van der Waals surface area contributed by atoms with Crippen LogP contribution >= 0.6 is 0 Å². The van der Waals surface area contributed by atoms with E-state index in [1.807, 2.05) is 0 Å². The van der Waals surface area contributed by atoms with E-state index in [1.54, 1.807) is 0 Å². The molecule has 0 aromatic heterocycles. The Morgan fingerprint density at radius 2 is 1.25 bits per heavy atom. The van der Waals surface area contributed by atoms with Crippen LogP contribution in [0.3, 0.4) is 0 Å². The summed E-state index contributed by atoms with van der Waals surface area (Å²) >= 11 is -1.58. The Hall–Kier alpha value is 0.985. The van der Waals surface area contributed by atoms with Crippen LogP contribution in [0.1, 0.15) is 0 Å². The summed E-state index contributed by atoms with van der Waals surface area (Å²) in [6, 6.07) is 0. The average molecular weight is 92.0 g/mol. The zero-order valence-corrected chi connectivity index (χ0v) is 3.02. The van der Waals surface area contributed by atoms with Crippen molar-refractivity contribution in [3.8, 4) is 0 Å². The second-order valence-electron chi connectivity index (χ2n) is 0.141. The molecule has 0 fully saturated rings. The summed E-state index contributed by atoms with van der Waals surface area (Å²) in [5, 5.41) is 0. The number of hydrogen-bond donors (Lipinski definition) is 2. The highest BCUT2D eigenvalue weighted by Gasteiger charge is 1.60. The Morgan fingerprint density at radius 1 is 1.25 bits per heavy atom. The second kappa shape index (κ2) is 9.01. The lowest BCUT2D eigenvalue weighted by Gasteiger charge is -1.45. The van der Waals surface area contributed by atoms with E-state index in [1.165, 1.54) is 0 Å². The Bertz CT molecular complexity index is 4.00. The fourth-order valence-corrected chi connectivity index (χ4v) is 0. The molecule has 0 aromatic rings. The molecule has 24 valence electrons. The van der Waals surface area contributed by atoms with Gasteiger partial charge in [0.2, 0.25) is 0 Å². The minimum atomic E-state index is -1.58. The molecule has 0 aromatic carbocycles. The molecule has 0 unspecified atom stereocenters. The van der Waals surface area contributed by atoms with Gasteiger partial charge in [-0.1, -0.05) is 0 Å². The van der Waals surface area contributed by atoms with Crippen molar-refractivity contribution in [1.82, 2.24) is 0 Å². The van der Waals surface area contributed by atoms with Gasteiger partial charge in [-0.05, 0) is 0 Å². The van der Waals surface area contributed by atoms with Crippen LogP contribution in [-0.2, 0) is 0 Å². The van der Waals surface area contributed by atoms with Gasteiger partial charge in [-0.15, -0.1) is 0 Å². The predicted octanol–water partition coefficient (Wildman–Crippen LogP) is -2.95. The van der Waals surface area contributed by atoms with E-state index in [9.17, 15) is 0 Å². The first kappa shape index (κ1) is 8.88. The van der Waals surface area contributed by atoms with Crippen molar-refractivity contribution in [3.05, 3.63) is 0 Å². The van der Waals surface area contributed by atoms with Gasteiger partial charge in [-0.3, -0.25) is 0 Å². The van der Waals surface area contributed by atoms with Crippen molar-refractivity contribution in [2.24, 2.45) is 0 Å². The zero-order valence-electron chi connectivity index (χ0n) is 1.60. The maximum absolute atomic E-state index is 7.26. The van der Waals surface area contributed by atoms with Crippen LogP contribution in [0.2, 0.25) is 0 Å². The van der Waals surface area contributed by atoms with Gasteiger partial charge in [0.15, 0.2) is 17.4 Å². The smallest absolute Gasteiger partial charge is 0.496 e. The summed E-state index contributed by atoms with van der Waals surface area (Å²) < 4.78 is 14.5. The van der Waals surface area contributed by atoms with Crippen molar-refractivity contribution in [1.29, 1.82) is 0 Å². The topological polar surface area (TPSA) is 40.5 Å². The summed E-state index contributed by atoms with van der Waals surface area (Å²) in [7, 11) is 0. The minimum absolute atomic E-state index is 0.